The predicted molar refractivity (Wildman–Crippen MR) is 67.4 cm³/mol. The third-order valence-electron chi connectivity index (χ3n) is 3.25. The van der Waals surface area contributed by atoms with Crippen LogP contribution in [0, 0.1) is 4.77 Å². The normalized spacial score (nSPS) is 26.2. The maximum Gasteiger partial charge on any atom is 0.177 e. The van der Waals surface area contributed by atoms with Crippen LogP contribution in [0.2, 0.25) is 0 Å². The Hall–Kier alpha value is -0.610. The molecular weight excluding hydrogens is 220 g/mol. The van der Waals surface area contributed by atoms with E-state index in [0.29, 0.717) is 18.1 Å². The highest BCUT2D eigenvalue weighted by Gasteiger charge is 2.23. The van der Waals surface area contributed by atoms with Crippen molar-refractivity contribution in [3.05, 3.63) is 16.7 Å². The molecule has 16 heavy (non-hydrogen) atoms. The van der Waals surface area contributed by atoms with Crippen molar-refractivity contribution in [3.63, 3.8) is 0 Å². The molecule has 1 N–H and O–H groups in total. The van der Waals surface area contributed by atoms with Gasteiger partial charge in [0.1, 0.15) is 0 Å². The number of aromatic nitrogens is 2. The van der Waals surface area contributed by atoms with Gasteiger partial charge >= 0.3 is 0 Å². The minimum Gasteiger partial charge on any atom is -0.378 e. The summed E-state index contributed by atoms with van der Waals surface area (Å²) in [7, 11) is 0. The van der Waals surface area contributed by atoms with Crippen molar-refractivity contribution < 1.29 is 4.74 Å². The van der Waals surface area contributed by atoms with Gasteiger partial charge in [0, 0.05) is 24.5 Å². The van der Waals surface area contributed by atoms with Crippen LogP contribution in [-0.2, 0) is 4.74 Å². The van der Waals surface area contributed by atoms with Gasteiger partial charge < -0.3 is 14.3 Å². The molecule has 1 aromatic rings. The van der Waals surface area contributed by atoms with E-state index < -0.39 is 0 Å². The fourth-order valence-electron chi connectivity index (χ4n) is 2.42. The highest BCUT2D eigenvalue weighted by Crippen LogP contribution is 2.29. The molecule has 1 aromatic heterocycles. The van der Waals surface area contributed by atoms with E-state index in [1.165, 1.54) is 5.69 Å². The number of hydrogen-bond acceptors (Lipinski definition) is 2. The molecule has 2 unspecified atom stereocenters. The first-order valence-electron chi connectivity index (χ1n) is 6.01. The number of hydrogen-bond donors (Lipinski definition) is 1. The molecule has 4 heteroatoms. The molecule has 0 aromatic carbocycles. The van der Waals surface area contributed by atoms with E-state index in [0.717, 1.165) is 24.2 Å². The summed E-state index contributed by atoms with van der Waals surface area (Å²) in [6, 6.07) is 0.500. The van der Waals surface area contributed by atoms with Gasteiger partial charge in [0.05, 0.1) is 6.10 Å². The van der Waals surface area contributed by atoms with Gasteiger partial charge in [0.15, 0.2) is 4.77 Å². The lowest BCUT2D eigenvalue weighted by atomic mass is 10.0. The molecule has 3 nitrogen and oxygen atoms in total. The van der Waals surface area contributed by atoms with Gasteiger partial charge in [-0.05, 0) is 37.9 Å². The molecule has 0 aliphatic carbocycles. The quantitative estimate of drug-likeness (QED) is 0.803. The molecule has 90 valence electrons. The number of imidazole rings is 1. The smallest absolute Gasteiger partial charge is 0.177 e. The molecule has 1 aliphatic rings. The Morgan fingerprint density at radius 1 is 1.56 bits per heavy atom. The summed E-state index contributed by atoms with van der Waals surface area (Å²) in [6.45, 7) is 7.39. The Balaban J connectivity index is 2.31. The summed E-state index contributed by atoms with van der Waals surface area (Å²) in [6.07, 6.45) is 4.52. The van der Waals surface area contributed by atoms with Gasteiger partial charge in [-0.1, -0.05) is 13.8 Å². The average Bonchev–Trinajstić information content (AvgIpc) is 2.60. The Morgan fingerprint density at radius 2 is 2.31 bits per heavy atom. The Labute approximate surface area is 102 Å². The zero-order valence-corrected chi connectivity index (χ0v) is 11.0. The monoisotopic (exact) mass is 240 g/mol. The number of ether oxygens (including phenoxy) is 1. The number of rotatable bonds is 2. The summed E-state index contributed by atoms with van der Waals surface area (Å²) in [4.78, 5) is 3.17. The van der Waals surface area contributed by atoms with Crippen molar-refractivity contribution in [1.29, 1.82) is 0 Å². The molecule has 2 rings (SSSR count). The molecule has 2 heterocycles. The fourth-order valence-corrected chi connectivity index (χ4v) is 2.74. The molecule has 0 bridgehead atoms. The maximum atomic E-state index is 5.59. The van der Waals surface area contributed by atoms with Crippen molar-refractivity contribution in [2.24, 2.45) is 0 Å². The van der Waals surface area contributed by atoms with Crippen LogP contribution in [0.15, 0.2) is 6.20 Å². The number of H-pyrrole nitrogens is 1. The van der Waals surface area contributed by atoms with Crippen molar-refractivity contribution in [2.75, 3.05) is 6.61 Å². The molecule has 0 spiro atoms. The summed E-state index contributed by atoms with van der Waals surface area (Å²) in [5.41, 5.74) is 1.31. The zero-order valence-electron chi connectivity index (χ0n) is 10.2. The van der Waals surface area contributed by atoms with E-state index >= 15 is 0 Å². The number of nitrogens with zero attached hydrogens (tertiary/aromatic N) is 1. The summed E-state index contributed by atoms with van der Waals surface area (Å²) < 4.78 is 8.73. The van der Waals surface area contributed by atoms with E-state index in [2.05, 4.69) is 30.3 Å². The lowest BCUT2D eigenvalue weighted by molar-refractivity contribution is 0.00509. The van der Waals surface area contributed by atoms with Crippen LogP contribution in [0.25, 0.3) is 0 Å². The average molecular weight is 240 g/mol. The molecule has 1 saturated heterocycles. The lowest BCUT2D eigenvalue weighted by Gasteiger charge is -2.30. The van der Waals surface area contributed by atoms with E-state index in [4.69, 9.17) is 17.0 Å². The Morgan fingerprint density at radius 3 is 2.94 bits per heavy atom. The van der Waals surface area contributed by atoms with Crippen LogP contribution in [-0.4, -0.2) is 22.3 Å². The van der Waals surface area contributed by atoms with E-state index in [-0.39, 0.29) is 0 Å². The topological polar surface area (TPSA) is 29.9 Å². The molecule has 1 aliphatic heterocycles. The van der Waals surface area contributed by atoms with Crippen LogP contribution in [0.4, 0.5) is 0 Å². The first-order valence-corrected chi connectivity index (χ1v) is 6.41. The SMILES string of the molecule is CC1CC(n2c(C(C)C)c[nH]c2=S)CCO1. The fraction of sp³-hybridized carbons (Fsp3) is 0.750. The summed E-state index contributed by atoms with van der Waals surface area (Å²) in [5.74, 6) is 0.506. The van der Waals surface area contributed by atoms with Crippen LogP contribution in [0.5, 0.6) is 0 Å². The third-order valence-corrected chi connectivity index (χ3v) is 3.57. The highest BCUT2D eigenvalue weighted by atomic mass is 32.1. The molecule has 0 radical (unpaired) electrons. The van der Waals surface area contributed by atoms with Gasteiger partial charge in [0.2, 0.25) is 0 Å². The Bertz CT molecular complexity index is 407. The van der Waals surface area contributed by atoms with Crippen LogP contribution in [0.3, 0.4) is 0 Å². The van der Waals surface area contributed by atoms with Crippen LogP contribution in [0.1, 0.15) is 51.3 Å². The van der Waals surface area contributed by atoms with Gasteiger partial charge in [0.25, 0.3) is 0 Å². The molecule has 1 fully saturated rings. The van der Waals surface area contributed by atoms with Gasteiger partial charge in [-0.15, -0.1) is 0 Å². The number of aromatic amines is 1. The minimum absolute atomic E-state index is 0.343. The van der Waals surface area contributed by atoms with Gasteiger partial charge in [-0.2, -0.15) is 0 Å². The minimum atomic E-state index is 0.343. The van der Waals surface area contributed by atoms with Crippen molar-refractivity contribution in [3.8, 4) is 0 Å². The molecule has 0 saturated carbocycles. The molecule has 0 amide bonds. The van der Waals surface area contributed by atoms with E-state index in [1.807, 2.05) is 6.20 Å². The second kappa shape index (κ2) is 4.72. The van der Waals surface area contributed by atoms with Gasteiger partial charge in [-0.3, -0.25) is 0 Å². The van der Waals surface area contributed by atoms with Crippen molar-refractivity contribution in [2.45, 2.75) is 51.7 Å². The van der Waals surface area contributed by atoms with E-state index in [1.54, 1.807) is 0 Å². The third kappa shape index (κ3) is 2.23. The van der Waals surface area contributed by atoms with Gasteiger partial charge in [-0.25, -0.2) is 0 Å². The van der Waals surface area contributed by atoms with Crippen molar-refractivity contribution in [1.82, 2.24) is 9.55 Å². The van der Waals surface area contributed by atoms with Crippen LogP contribution < -0.4 is 0 Å². The maximum absolute atomic E-state index is 5.59. The highest BCUT2D eigenvalue weighted by molar-refractivity contribution is 7.71. The first-order chi connectivity index (χ1) is 7.59. The molecule has 2 atom stereocenters. The summed E-state index contributed by atoms with van der Waals surface area (Å²) in [5, 5.41) is 0. The van der Waals surface area contributed by atoms with Crippen molar-refractivity contribution >= 4 is 12.2 Å². The van der Waals surface area contributed by atoms with E-state index in [9.17, 15) is 0 Å². The largest absolute Gasteiger partial charge is 0.378 e. The zero-order chi connectivity index (χ0) is 11.7. The lowest BCUT2D eigenvalue weighted by Crippen LogP contribution is -2.26. The molecular formula is C12H20N2OS. The van der Waals surface area contributed by atoms with Crippen LogP contribution >= 0.6 is 12.2 Å². The summed E-state index contributed by atoms with van der Waals surface area (Å²) >= 11 is 5.38. The number of nitrogens with one attached hydrogen (secondary N) is 1. The first kappa shape index (κ1) is 11.9. The second-order valence-electron chi connectivity index (χ2n) is 4.90. The predicted octanol–water partition coefficient (Wildman–Crippen LogP) is 3.41. The Kier molecular flexibility index (Phi) is 3.50. The standard InChI is InChI=1S/C12H20N2OS/c1-8(2)11-7-13-12(16)14(11)10-4-5-15-9(3)6-10/h7-10H,4-6H2,1-3H3,(H,13,16). The second-order valence-corrected chi connectivity index (χ2v) is 5.29.